The lowest BCUT2D eigenvalue weighted by molar-refractivity contribution is 0.384. The van der Waals surface area contributed by atoms with Crippen molar-refractivity contribution in [3.63, 3.8) is 0 Å². The van der Waals surface area contributed by atoms with Gasteiger partial charge in [-0.1, -0.05) is 26.8 Å². The highest BCUT2D eigenvalue weighted by atomic mass is 15.2. The van der Waals surface area contributed by atoms with Crippen LogP contribution in [-0.4, -0.2) is 66.3 Å². The van der Waals surface area contributed by atoms with Gasteiger partial charge in [0.1, 0.15) is 11.3 Å². The number of benzene rings is 1. The fourth-order valence-corrected chi connectivity index (χ4v) is 4.12. The molecule has 0 atom stereocenters. The molecule has 0 aliphatic carbocycles. The number of pyridine rings is 1. The zero-order valence-electron chi connectivity index (χ0n) is 18.7. The Bertz CT molecular complexity index is 1020. The van der Waals surface area contributed by atoms with Gasteiger partial charge >= 0.3 is 0 Å². The first kappa shape index (κ1) is 20.1. The minimum atomic E-state index is 0.0985. The van der Waals surface area contributed by atoms with E-state index in [1.165, 1.54) is 16.5 Å². The monoisotopic (exact) mass is 394 g/mol. The number of piperazine rings is 1. The summed E-state index contributed by atoms with van der Waals surface area (Å²) < 4.78 is 2.39. The van der Waals surface area contributed by atoms with Gasteiger partial charge in [0.25, 0.3) is 0 Å². The third-order valence-corrected chi connectivity index (χ3v) is 5.90. The van der Waals surface area contributed by atoms with Gasteiger partial charge in [0, 0.05) is 44.7 Å². The zero-order valence-corrected chi connectivity index (χ0v) is 18.7. The van der Waals surface area contributed by atoms with Crippen molar-refractivity contribution in [1.82, 2.24) is 24.8 Å². The average Bonchev–Trinajstić information content (AvgIpc) is 3.01. The Morgan fingerprint density at radius 3 is 2.48 bits per heavy atom. The summed E-state index contributed by atoms with van der Waals surface area (Å²) in [5.41, 5.74) is 4.77. The van der Waals surface area contributed by atoms with Gasteiger partial charge in [-0.2, -0.15) is 0 Å². The number of hydrogen-bond acceptors (Lipinski definition) is 5. The highest BCUT2D eigenvalue weighted by Crippen LogP contribution is 2.34. The Kier molecular flexibility index (Phi) is 5.25. The van der Waals surface area contributed by atoms with Crippen molar-refractivity contribution in [2.75, 3.05) is 51.7 Å². The van der Waals surface area contributed by atoms with E-state index in [1.54, 1.807) is 0 Å². The lowest BCUT2D eigenvalue weighted by Gasteiger charge is -2.29. The molecule has 1 aliphatic rings. The van der Waals surface area contributed by atoms with Crippen LogP contribution in [0.2, 0.25) is 0 Å². The molecule has 29 heavy (non-hydrogen) atoms. The van der Waals surface area contributed by atoms with E-state index in [0.29, 0.717) is 0 Å². The highest BCUT2D eigenvalue weighted by molar-refractivity contribution is 6.07. The molecule has 156 valence electrons. The minimum absolute atomic E-state index is 0.0985. The van der Waals surface area contributed by atoms with Crippen molar-refractivity contribution in [2.24, 2.45) is 0 Å². The molecule has 0 radical (unpaired) electrons. The van der Waals surface area contributed by atoms with E-state index in [0.717, 1.165) is 61.9 Å². The van der Waals surface area contributed by atoms with E-state index in [1.807, 2.05) is 0 Å². The summed E-state index contributed by atoms with van der Waals surface area (Å²) in [5.74, 6) is 2.10. The predicted octanol–water partition coefficient (Wildman–Crippen LogP) is 3.16. The Balaban J connectivity index is 1.99. The van der Waals surface area contributed by atoms with Gasteiger partial charge < -0.3 is 19.7 Å². The number of aryl methyl sites for hydroxylation is 1. The Morgan fingerprint density at radius 2 is 1.83 bits per heavy atom. The van der Waals surface area contributed by atoms with Gasteiger partial charge in [-0.15, -0.1) is 0 Å². The quantitative estimate of drug-likeness (QED) is 0.737. The van der Waals surface area contributed by atoms with Crippen molar-refractivity contribution >= 4 is 27.8 Å². The number of fused-ring (bicyclic) bond motifs is 3. The van der Waals surface area contributed by atoms with Crippen LogP contribution in [0.4, 0.5) is 5.82 Å². The van der Waals surface area contributed by atoms with Gasteiger partial charge in [0.15, 0.2) is 5.82 Å². The first-order valence-corrected chi connectivity index (χ1v) is 10.7. The first-order valence-electron chi connectivity index (χ1n) is 10.7. The second-order valence-corrected chi connectivity index (χ2v) is 9.47. The van der Waals surface area contributed by atoms with Crippen molar-refractivity contribution < 1.29 is 0 Å². The molecule has 6 nitrogen and oxygen atoms in total. The van der Waals surface area contributed by atoms with Gasteiger partial charge in [-0.25, -0.2) is 9.97 Å². The van der Waals surface area contributed by atoms with Crippen molar-refractivity contribution in [3.8, 4) is 0 Å². The molecule has 1 N–H and O–H groups in total. The van der Waals surface area contributed by atoms with Crippen LogP contribution in [0, 0.1) is 6.92 Å². The zero-order chi connectivity index (χ0) is 20.8. The molecule has 0 unspecified atom stereocenters. The summed E-state index contributed by atoms with van der Waals surface area (Å²) in [6.45, 7) is 14.8. The van der Waals surface area contributed by atoms with Gasteiger partial charge in [-0.05, 0) is 44.1 Å². The number of nitrogens with zero attached hydrogens (tertiary/aromatic N) is 5. The maximum absolute atomic E-state index is 5.11. The number of aromatic nitrogens is 3. The van der Waals surface area contributed by atoms with Crippen LogP contribution < -0.4 is 10.2 Å². The number of rotatable bonds is 4. The Morgan fingerprint density at radius 1 is 1.10 bits per heavy atom. The standard InChI is InChI=1S/C23H34N6/c1-16-25-20-21(29(16)14-13-27(5)6)18-15-17(23(2,3)4)7-8-19(18)26-22(20)28-11-9-24-10-12-28/h7-8,15,24H,9-14H2,1-6H3. The van der Waals surface area contributed by atoms with Crippen LogP contribution in [0.5, 0.6) is 0 Å². The van der Waals surface area contributed by atoms with Crippen molar-refractivity contribution in [3.05, 3.63) is 29.6 Å². The molecule has 6 heteroatoms. The van der Waals surface area contributed by atoms with Crippen LogP contribution >= 0.6 is 0 Å². The summed E-state index contributed by atoms with van der Waals surface area (Å²) in [6.07, 6.45) is 0. The van der Waals surface area contributed by atoms with Crippen LogP contribution in [0.1, 0.15) is 32.2 Å². The normalized spacial score (nSPS) is 15.8. The molecule has 0 bridgehead atoms. The summed E-state index contributed by atoms with van der Waals surface area (Å²) in [4.78, 5) is 14.8. The molecule has 2 aromatic heterocycles. The van der Waals surface area contributed by atoms with Crippen LogP contribution in [0.15, 0.2) is 18.2 Å². The molecule has 0 saturated carbocycles. The molecule has 1 saturated heterocycles. The topological polar surface area (TPSA) is 49.2 Å². The molecule has 3 aromatic rings. The Labute approximate surface area is 173 Å². The summed E-state index contributed by atoms with van der Waals surface area (Å²) in [7, 11) is 4.25. The maximum Gasteiger partial charge on any atom is 0.157 e. The number of anilines is 1. The number of imidazole rings is 1. The van der Waals surface area contributed by atoms with E-state index in [-0.39, 0.29) is 5.41 Å². The minimum Gasteiger partial charge on any atom is -0.352 e. The molecular weight excluding hydrogens is 360 g/mol. The fourth-order valence-electron chi connectivity index (χ4n) is 4.12. The van der Waals surface area contributed by atoms with Crippen molar-refractivity contribution in [2.45, 2.75) is 39.7 Å². The largest absolute Gasteiger partial charge is 0.352 e. The van der Waals surface area contributed by atoms with E-state index in [4.69, 9.17) is 9.97 Å². The SMILES string of the molecule is Cc1nc2c(N3CCNCC3)nc3ccc(C(C)(C)C)cc3c2n1CCN(C)C. The molecule has 3 heterocycles. The fraction of sp³-hybridized carbons (Fsp3) is 0.565. The van der Waals surface area contributed by atoms with E-state index >= 15 is 0 Å². The molecule has 4 rings (SSSR count). The first-order chi connectivity index (χ1) is 13.8. The third kappa shape index (κ3) is 3.83. The van der Waals surface area contributed by atoms with E-state index < -0.39 is 0 Å². The molecule has 1 aliphatic heterocycles. The van der Waals surface area contributed by atoms with Gasteiger partial charge in [0.05, 0.1) is 11.0 Å². The average molecular weight is 395 g/mol. The molecule has 0 spiro atoms. The number of nitrogens with one attached hydrogen (secondary N) is 1. The smallest absolute Gasteiger partial charge is 0.157 e. The summed E-state index contributed by atoms with van der Waals surface area (Å²) in [5, 5.41) is 4.66. The molecule has 1 fully saturated rings. The van der Waals surface area contributed by atoms with Crippen LogP contribution in [0.25, 0.3) is 21.9 Å². The maximum atomic E-state index is 5.11. The Hall–Kier alpha value is -2.18. The van der Waals surface area contributed by atoms with E-state index in [9.17, 15) is 0 Å². The second kappa shape index (κ2) is 7.58. The van der Waals surface area contributed by atoms with Crippen molar-refractivity contribution in [1.29, 1.82) is 0 Å². The lowest BCUT2D eigenvalue weighted by Crippen LogP contribution is -2.44. The molecular formula is C23H34N6. The van der Waals surface area contributed by atoms with Gasteiger partial charge in [0.2, 0.25) is 0 Å². The number of likely N-dealkylation sites (N-methyl/N-ethyl adjacent to an activating group) is 1. The second-order valence-electron chi connectivity index (χ2n) is 9.47. The summed E-state index contributed by atoms with van der Waals surface area (Å²) >= 11 is 0. The van der Waals surface area contributed by atoms with Crippen LogP contribution in [0.3, 0.4) is 0 Å². The molecule has 0 amide bonds. The lowest BCUT2D eigenvalue weighted by atomic mass is 9.86. The number of hydrogen-bond donors (Lipinski definition) is 1. The third-order valence-electron chi connectivity index (χ3n) is 5.90. The van der Waals surface area contributed by atoms with E-state index in [2.05, 4.69) is 79.7 Å². The highest BCUT2D eigenvalue weighted by Gasteiger charge is 2.23. The van der Waals surface area contributed by atoms with Gasteiger partial charge in [-0.3, -0.25) is 0 Å². The predicted molar refractivity (Wildman–Crippen MR) is 122 cm³/mol. The molecule has 1 aromatic carbocycles. The summed E-state index contributed by atoms with van der Waals surface area (Å²) in [6, 6.07) is 6.76. The van der Waals surface area contributed by atoms with Crippen LogP contribution in [-0.2, 0) is 12.0 Å².